The number of carbonyl (C=O) groups is 1. The first-order valence-corrected chi connectivity index (χ1v) is 4.83. The van der Waals surface area contributed by atoms with Crippen molar-refractivity contribution in [2.75, 3.05) is 6.54 Å². The van der Waals surface area contributed by atoms with Gasteiger partial charge < -0.3 is 10.8 Å². The molecule has 0 aliphatic carbocycles. The van der Waals surface area contributed by atoms with Crippen LogP contribution in [0, 0.1) is 0 Å². The molecule has 0 amide bonds. The van der Waals surface area contributed by atoms with Crippen LogP contribution in [-0.4, -0.2) is 34.2 Å². The van der Waals surface area contributed by atoms with E-state index in [4.69, 9.17) is 16.0 Å². The van der Waals surface area contributed by atoms with Crippen LogP contribution in [0.25, 0.3) is 0 Å². The van der Waals surface area contributed by atoms with E-state index in [1.54, 1.807) is 6.92 Å². The molecule has 15 heavy (non-hydrogen) atoms. The number of hydrogen-bond donors (Lipinski definition) is 4. The molecule has 0 spiro atoms. The smallest absolute Gasteiger partial charge is 0.323 e. The fourth-order valence-corrected chi connectivity index (χ4v) is 0.993. The van der Waals surface area contributed by atoms with Gasteiger partial charge in [-0.3, -0.25) is 20.5 Å². The van der Waals surface area contributed by atoms with Gasteiger partial charge in [0, 0.05) is 6.54 Å². The van der Waals surface area contributed by atoms with Crippen molar-refractivity contribution in [3.05, 3.63) is 0 Å². The molecule has 0 rings (SSSR count). The summed E-state index contributed by atoms with van der Waals surface area (Å²) in [5.41, 5.74) is 6.30. The van der Waals surface area contributed by atoms with Gasteiger partial charge in [0.05, 0.1) is 0 Å². The molecule has 1 atom stereocenters. The van der Waals surface area contributed by atoms with Crippen LogP contribution in [-0.2, 0) is 4.79 Å². The normalized spacial score (nSPS) is 15.9. The van der Waals surface area contributed by atoms with Crippen molar-refractivity contribution in [3.8, 4) is 0 Å². The minimum Gasteiger partial charge on any atom is -0.480 e. The Kier molecular flexibility index (Phi) is 5.88. The number of hydrogen-bond acceptors (Lipinski definition) is 4. The van der Waals surface area contributed by atoms with E-state index in [-0.39, 0.29) is 0 Å². The van der Waals surface area contributed by atoms with Crippen molar-refractivity contribution >= 4 is 11.8 Å². The highest BCUT2D eigenvalue weighted by Gasteiger charge is 2.26. The topological polar surface area (TPSA) is 108 Å². The Morgan fingerprint density at radius 3 is 2.60 bits per heavy atom. The predicted molar refractivity (Wildman–Crippen MR) is 57.0 cm³/mol. The molecular formula is C9H19N3O3. The lowest BCUT2D eigenvalue weighted by Gasteiger charge is -2.18. The fourth-order valence-electron chi connectivity index (χ4n) is 0.993. The molecule has 0 aromatic heterocycles. The molecule has 0 unspecified atom stereocenters. The summed E-state index contributed by atoms with van der Waals surface area (Å²) < 4.78 is 0. The average Bonchev–Trinajstić information content (AvgIpc) is 2.16. The number of aliphatic imine (C=N–C) groups is 1. The van der Waals surface area contributed by atoms with E-state index in [1.807, 2.05) is 5.48 Å². The van der Waals surface area contributed by atoms with E-state index < -0.39 is 11.5 Å². The van der Waals surface area contributed by atoms with Gasteiger partial charge >= 0.3 is 5.97 Å². The number of unbranched alkanes of at least 4 members (excludes halogenated alkanes) is 1. The highest BCUT2D eigenvalue weighted by atomic mass is 16.5. The van der Waals surface area contributed by atoms with Gasteiger partial charge in [0.2, 0.25) is 0 Å². The van der Waals surface area contributed by atoms with Crippen molar-refractivity contribution in [1.29, 1.82) is 0 Å². The minimum atomic E-state index is -1.16. The molecule has 0 aliphatic rings. The number of aliphatic carboxylic acids is 1. The van der Waals surface area contributed by atoms with Gasteiger partial charge in [-0.2, -0.15) is 0 Å². The number of nitrogens with one attached hydrogen (secondary N) is 1. The summed E-state index contributed by atoms with van der Waals surface area (Å²) in [7, 11) is 0. The Morgan fingerprint density at radius 2 is 2.13 bits per heavy atom. The van der Waals surface area contributed by atoms with E-state index in [1.165, 1.54) is 6.92 Å². The summed E-state index contributed by atoms with van der Waals surface area (Å²) in [5, 5.41) is 17.1. The van der Waals surface area contributed by atoms with Crippen molar-refractivity contribution in [3.63, 3.8) is 0 Å². The van der Waals surface area contributed by atoms with Crippen LogP contribution < -0.4 is 11.2 Å². The Hall–Kier alpha value is -1.14. The summed E-state index contributed by atoms with van der Waals surface area (Å²) >= 11 is 0. The molecule has 0 radical (unpaired) electrons. The van der Waals surface area contributed by atoms with Crippen molar-refractivity contribution in [2.45, 2.75) is 38.6 Å². The Labute approximate surface area is 89.1 Å². The zero-order valence-electron chi connectivity index (χ0n) is 9.16. The van der Waals surface area contributed by atoms with Gasteiger partial charge in [0.15, 0.2) is 0 Å². The highest BCUT2D eigenvalue weighted by molar-refractivity contribution is 5.78. The van der Waals surface area contributed by atoms with Gasteiger partial charge in [0.1, 0.15) is 11.4 Å². The van der Waals surface area contributed by atoms with Crippen molar-refractivity contribution in [1.82, 2.24) is 5.48 Å². The SMILES string of the molecule is CC(=NCCCC[C@](C)(N)C(=O)O)NO. The van der Waals surface area contributed by atoms with Crippen molar-refractivity contribution in [2.24, 2.45) is 10.7 Å². The quantitative estimate of drug-likeness (QED) is 0.222. The van der Waals surface area contributed by atoms with E-state index in [0.29, 0.717) is 25.2 Å². The Morgan fingerprint density at radius 1 is 1.53 bits per heavy atom. The lowest BCUT2D eigenvalue weighted by atomic mass is 9.96. The molecule has 0 aromatic carbocycles. The summed E-state index contributed by atoms with van der Waals surface area (Å²) in [6.07, 6.45) is 1.87. The van der Waals surface area contributed by atoms with Crippen molar-refractivity contribution < 1.29 is 15.1 Å². The first-order chi connectivity index (χ1) is 6.90. The van der Waals surface area contributed by atoms with Gasteiger partial charge in [0.25, 0.3) is 0 Å². The molecule has 6 nitrogen and oxygen atoms in total. The zero-order valence-corrected chi connectivity index (χ0v) is 9.16. The van der Waals surface area contributed by atoms with Gasteiger partial charge in [-0.1, -0.05) is 0 Å². The van der Waals surface area contributed by atoms with Crippen LogP contribution in [0.2, 0.25) is 0 Å². The summed E-state index contributed by atoms with van der Waals surface area (Å²) in [4.78, 5) is 14.6. The molecule has 0 heterocycles. The van der Waals surface area contributed by atoms with Gasteiger partial charge in [-0.05, 0) is 33.1 Å². The number of amidine groups is 1. The lowest BCUT2D eigenvalue weighted by molar-refractivity contribution is -0.142. The standard InChI is InChI=1S/C9H19N3O3/c1-7(12-15)11-6-4-3-5-9(2,10)8(13)14/h15H,3-6,10H2,1-2H3,(H,11,12)(H,13,14)/t9-/m0/s1. The number of rotatable bonds is 6. The predicted octanol–water partition coefficient (Wildman–Crippen LogP) is 0.356. The number of hydroxylamine groups is 1. The molecule has 0 fully saturated rings. The van der Waals surface area contributed by atoms with E-state index >= 15 is 0 Å². The number of nitrogens with two attached hydrogens (primary N) is 1. The van der Waals surface area contributed by atoms with Gasteiger partial charge in [-0.15, -0.1) is 0 Å². The molecule has 0 saturated heterocycles. The first kappa shape index (κ1) is 13.9. The third-order valence-corrected chi connectivity index (χ3v) is 2.10. The second-order valence-electron chi connectivity index (χ2n) is 3.76. The fraction of sp³-hybridized carbons (Fsp3) is 0.778. The van der Waals surface area contributed by atoms with Crippen LogP contribution in [0.3, 0.4) is 0 Å². The average molecular weight is 217 g/mol. The minimum absolute atomic E-state index is 0.420. The van der Waals surface area contributed by atoms with E-state index in [9.17, 15) is 4.79 Å². The maximum absolute atomic E-state index is 10.6. The molecule has 5 N–H and O–H groups in total. The molecule has 0 bridgehead atoms. The molecule has 6 heteroatoms. The van der Waals surface area contributed by atoms with E-state index in [2.05, 4.69) is 4.99 Å². The summed E-state index contributed by atoms with van der Waals surface area (Å²) in [6.45, 7) is 3.69. The highest BCUT2D eigenvalue weighted by Crippen LogP contribution is 2.10. The molecule has 88 valence electrons. The Bertz CT molecular complexity index is 239. The number of nitrogens with zero attached hydrogens (tertiary/aromatic N) is 1. The lowest BCUT2D eigenvalue weighted by Crippen LogP contribution is -2.44. The molecule has 0 aromatic rings. The van der Waals surface area contributed by atoms with Gasteiger partial charge in [-0.25, -0.2) is 0 Å². The second kappa shape index (κ2) is 6.36. The third-order valence-electron chi connectivity index (χ3n) is 2.10. The first-order valence-electron chi connectivity index (χ1n) is 4.83. The molecule has 0 saturated carbocycles. The van der Waals surface area contributed by atoms with Crippen LogP contribution in [0.1, 0.15) is 33.1 Å². The van der Waals surface area contributed by atoms with Crippen LogP contribution in [0.5, 0.6) is 0 Å². The van der Waals surface area contributed by atoms with Crippen LogP contribution in [0.4, 0.5) is 0 Å². The molecular weight excluding hydrogens is 198 g/mol. The monoisotopic (exact) mass is 217 g/mol. The maximum Gasteiger partial charge on any atom is 0.323 e. The number of carboxylic acid groups (broad SMARTS) is 1. The summed E-state index contributed by atoms with van der Waals surface area (Å²) in [6, 6.07) is 0. The largest absolute Gasteiger partial charge is 0.480 e. The Balaban J connectivity index is 3.68. The summed E-state index contributed by atoms with van der Waals surface area (Å²) in [5.74, 6) is -0.539. The maximum atomic E-state index is 10.6. The van der Waals surface area contributed by atoms with E-state index in [0.717, 1.165) is 6.42 Å². The third kappa shape index (κ3) is 6.03. The molecule has 0 aliphatic heterocycles. The zero-order chi connectivity index (χ0) is 11.9. The number of carboxylic acids is 1. The second-order valence-corrected chi connectivity index (χ2v) is 3.76. The van der Waals surface area contributed by atoms with Crippen LogP contribution >= 0.6 is 0 Å². The van der Waals surface area contributed by atoms with Crippen LogP contribution in [0.15, 0.2) is 4.99 Å².